The predicted molar refractivity (Wildman–Crippen MR) is 135 cm³/mol. The average molecular weight is 505 g/mol. The van der Waals surface area contributed by atoms with Crippen LogP contribution in [0.4, 0.5) is 14.6 Å². The molecule has 9 heteroatoms. The molecule has 3 aliphatic rings. The highest BCUT2D eigenvalue weighted by Gasteiger charge is 2.67. The molecule has 7 nitrogen and oxygen atoms in total. The van der Waals surface area contributed by atoms with Crippen LogP contribution in [-0.2, 0) is 11.2 Å². The molecule has 0 unspecified atom stereocenters. The molecule has 2 aliphatic heterocycles. The molecule has 7 rings (SSSR count). The van der Waals surface area contributed by atoms with Crippen LogP contribution in [0.5, 0.6) is 11.8 Å². The van der Waals surface area contributed by atoms with Crippen molar-refractivity contribution in [3.8, 4) is 23.0 Å². The van der Waals surface area contributed by atoms with Gasteiger partial charge in [-0.2, -0.15) is 9.97 Å². The normalized spacial score (nSPS) is 19.2. The van der Waals surface area contributed by atoms with Crippen LogP contribution in [0.15, 0.2) is 30.5 Å². The van der Waals surface area contributed by atoms with Crippen LogP contribution < -0.4 is 9.64 Å². The van der Waals surface area contributed by atoms with Gasteiger partial charge in [0.25, 0.3) is 0 Å². The number of hydrogen-bond acceptors (Lipinski definition) is 7. The second kappa shape index (κ2) is 7.71. The van der Waals surface area contributed by atoms with E-state index in [2.05, 4.69) is 19.9 Å². The first-order valence-corrected chi connectivity index (χ1v) is 12.6. The third-order valence-corrected chi connectivity index (χ3v) is 8.84. The van der Waals surface area contributed by atoms with Crippen molar-refractivity contribution in [3.63, 3.8) is 0 Å². The van der Waals surface area contributed by atoms with E-state index in [1.54, 1.807) is 18.3 Å². The Bertz CT molecular complexity index is 1590. The fraction of sp³-hybridized carbons (Fsp3) is 0.393. The highest BCUT2D eigenvalue weighted by molar-refractivity contribution is 6.01. The number of aromatic nitrogens is 3. The molecule has 2 saturated heterocycles. The molecule has 1 N–H and O–H groups in total. The lowest BCUT2D eigenvalue weighted by molar-refractivity contribution is -0.253. The lowest BCUT2D eigenvalue weighted by Crippen LogP contribution is -2.75. The molecule has 0 bridgehead atoms. The topological polar surface area (TPSA) is 80.6 Å². The zero-order chi connectivity index (χ0) is 25.5. The Hall–Kier alpha value is -3.59. The summed E-state index contributed by atoms with van der Waals surface area (Å²) in [5.74, 6) is -0.514. The first-order valence-electron chi connectivity index (χ1n) is 12.6. The van der Waals surface area contributed by atoms with Crippen molar-refractivity contribution in [1.29, 1.82) is 0 Å². The number of anilines is 1. The van der Waals surface area contributed by atoms with Gasteiger partial charge < -0.3 is 19.5 Å². The van der Waals surface area contributed by atoms with Crippen LogP contribution in [0.3, 0.4) is 0 Å². The van der Waals surface area contributed by atoms with E-state index in [4.69, 9.17) is 9.47 Å². The quantitative estimate of drug-likeness (QED) is 0.418. The van der Waals surface area contributed by atoms with E-state index in [-0.39, 0.29) is 39.6 Å². The molecular formula is C28H26F2N4O3. The van der Waals surface area contributed by atoms with Crippen LogP contribution in [0.1, 0.15) is 25.3 Å². The summed E-state index contributed by atoms with van der Waals surface area (Å²) in [6, 6.07) is 5.97. The van der Waals surface area contributed by atoms with Crippen molar-refractivity contribution >= 4 is 27.5 Å². The molecule has 2 aromatic heterocycles. The number of phenols is 1. The zero-order valence-electron chi connectivity index (χ0n) is 20.6. The number of halogens is 2. The minimum atomic E-state index is -0.666. The smallest absolute Gasteiger partial charge is 0.318 e. The lowest BCUT2D eigenvalue weighted by Gasteiger charge is -2.70. The van der Waals surface area contributed by atoms with E-state index in [0.29, 0.717) is 39.5 Å². The van der Waals surface area contributed by atoms with Crippen LogP contribution in [-0.4, -0.2) is 53.5 Å². The van der Waals surface area contributed by atoms with Crippen LogP contribution in [0, 0.1) is 22.5 Å². The molecule has 0 atom stereocenters. The summed E-state index contributed by atoms with van der Waals surface area (Å²) in [4.78, 5) is 15.5. The van der Waals surface area contributed by atoms with Gasteiger partial charge in [-0.15, -0.1) is 0 Å². The molecule has 3 fully saturated rings. The largest absolute Gasteiger partial charge is 0.508 e. The first-order chi connectivity index (χ1) is 17.9. The van der Waals surface area contributed by atoms with Gasteiger partial charge in [0, 0.05) is 35.7 Å². The monoisotopic (exact) mass is 504 g/mol. The number of pyridine rings is 1. The Kier molecular flexibility index (Phi) is 4.71. The number of ether oxygens (including phenoxy) is 2. The Morgan fingerprint density at radius 2 is 1.89 bits per heavy atom. The van der Waals surface area contributed by atoms with Gasteiger partial charge in [0.2, 0.25) is 0 Å². The summed E-state index contributed by atoms with van der Waals surface area (Å²) < 4.78 is 41.8. The van der Waals surface area contributed by atoms with E-state index < -0.39 is 5.82 Å². The molecule has 37 heavy (non-hydrogen) atoms. The number of aryl methyl sites for hydroxylation is 1. The Labute approximate surface area is 212 Å². The molecule has 2 spiro atoms. The number of nitrogens with zero attached hydrogens (tertiary/aromatic N) is 4. The van der Waals surface area contributed by atoms with E-state index in [1.807, 2.05) is 6.92 Å². The van der Waals surface area contributed by atoms with Crippen molar-refractivity contribution in [2.24, 2.45) is 10.8 Å². The summed E-state index contributed by atoms with van der Waals surface area (Å²) >= 11 is 0. The maximum Gasteiger partial charge on any atom is 0.318 e. The summed E-state index contributed by atoms with van der Waals surface area (Å²) in [7, 11) is 1.45. The maximum atomic E-state index is 16.2. The van der Waals surface area contributed by atoms with E-state index >= 15 is 4.39 Å². The van der Waals surface area contributed by atoms with Crippen molar-refractivity contribution in [3.05, 3.63) is 47.7 Å². The predicted octanol–water partition coefficient (Wildman–Crippen LogP) is 5.02. The highest BCUT2D eigenvalue weighted by atomic mass is 19.1. The lowest BCUT2D eigenvalue weighted by atomic mass is 9.45. The molecule has 1 aliphatic carbocycles. The standard InChI is InChI=1S/C28H26F2N4O3/c1-3-17-20(29)5-4-15-8-16(35)9-18(21(15)17)23-22(30)24-19(10-31-23)25(33-26(32-24)36-2)34-11-27(12-34)6-7-28(27)13-37-14-28/h4-5,8-10,35H,3,6-7,11-14H2,1-2H3. The van der Waals surface area contributed by atoms with Gasteiger partial charge in [-0.3, -0.25) is 4.98 Å². The van der Waals surface area contributed by atoms with Gasteiger partial charge in [0.05, 0.1) is 25.7 Å². The molecular weight excluding hydrogens is 478 g/mol. The summed E-state index contributed by atoms with van der Waals surface area (Å²) in [6.45, 7) is 5.11. The molecule has 4 heterocycles. The molecule has 1 saturated carbocycles. The SMILES string of the molecule is CCc1c(F)ccc2cc(O)cc(-c3ncc4c(N5CC6(CCC67COC7)C5)nc(OC)nc4c3F)c12. The number of hydrogen-bond donors (Lipinski definition) is 1. The second-order valence-electron chi connectivity index (χ2n) is 10.6. The van der Waals surface area contributed by atoms with Crippen LogP contribution >= 0.6 is 0 Å². The fourth-order valence-electron chi connectivity index (χ4n) is 6.53. The van der Waals surface area contributed by atoms with E-state index in [1.165, 1.54) is 25.7 Å². The minimum Gasteiger partial charge on any atom is -0.508 e. The number of fused-ring (bicyclic) bond motifs is 3. The third kappa shape index (κ3) is 2.97. The van der Waals surface area contributed by atoms with Gasteiger partial charge >= 0.3 is 6.01 Å². The molecule has 190 valence electrons. The maximum absolute atomic E-state index is 16.2. The van der Waals surface area contributed by atoms with Gasteiger partial charge in [-0.25, -0.2) is 8.78 Å². The number of phenolic OH excluding ortho intramolecular Hbond substituents is 1. The minimum absolute atomic E-state index is 0.00922. The number of aromatic hydroxyl groups is 1. The molecule has 4 aromatic rings. The first kappa shape index (κ1) is 22.6. The number of benzene rings is 2. The number of methoxy groups -OCH3 is 1. The average Bonchev–Trinajstić information content (AvgIpc) is 2.82. The molecule has 0 amide bonds. The molecule has 2 aromatic carbocycles. The van der Waals surface area contributed by atoms with Crippen molar-refractivity contribution in [2.45, 2.75) is 26.2 Å². The van der Waals surface area contributed by atoms with Crippen molar-refractivity contribution in [1.82, 2.24) is 15.0 Å². The Balaban J connectivity index is 1.38. The third-order valence-electron chi connectivity index (χ3n) is 8.84. The van der Waals surface area contributed by atoms with E-state index in [9.17, 15) is 9.50 Å². The second-order valence-corrected chi connectivity index (χ2v) is 10.6. The summed E-state index contributed by atoms with van der Waals surface area (Å²) in [6.07, 6.45) is 4.31. The van der Waals surface area contributed by atoms with E-state index in [0.717, 1.165) is 32.7 Å². The van der Waals surface area contributed by atoms with Gasteiger partial charge in [0.15, 0.2) is 5.82 Å². The number of rotatable bonds is 4. The highest BCUT2D eigenvalue weighted by Crippen LogP contribution is 2.65. The van der Waals surface area contributed by atoms with Crippen molar-refractivity contribution in [2.75, 3.05) is 38.3 Å². The zero-order valence-corrected chi connectivity index (χ0v) is 20.6. The van der Waals surface area contributed by atoms with Crippen LogP contribution in [0.2, 0.25) is 0 Å². The Morgan fingerprint density at radius 1 is 1.11 bits per heavy atom. The fourth-order valence-corrected chi connectivity index (χ4v) is 6.53. The van der Waals surface area contributed by atoms with Crippen LogP contribution in [0.25, 0.3) is 32.9 Å². The van der Waals surface area contributed by atoms with Gasteiger partial charge in [-0.1, -0.05) is 13.0 Å². The molecule has 0 radical (unpaired) electrons. The van der Waals surface area contributed by atoms with Gasteiger partial charge in [-0.05, 0) is 53.8 Å². The summed E-state index contributed by atoms with van der Waals surface area (Å²) in [5.41, 5.74) is 1.32. The summed E-state index contributed by atoms with van der Waals surface area (Å²) in [5, 5.41) is 12.0. The Morgan fingerprint density at radius 3 is 2.54 bits per heavy atom. The van der Waals surface area contributed by atoms with Gasteiger partial charge in [0.1, 0.15) is 28.6 Å². The van der Waals surface area contributed by atoms with Crippen molar-refractivity contribution < 1.29 is 23.4 Å².